The second-order valence-corrected chi connectivity index (χ2v) is 9.98. The summed E-state index contributed by atoms with van der Waals surface area (Å²) in [5.74, 6) is -1.07. The summed E-state index contributed by atoms with van der Waals surface area (Å²) in [6.07, 6.45) is 2.60. The number of aromatic amines is 1. The SMILES string of the molecule is O=C(NCc1ccc(F)cc1Cl)c1cc(=O)[nH]c2ccc(S(=O)(=O)N3CCCCC3)cc12. The van der Waals surface area contributed by atoms with E-state index in [1.165, 1.54) is 34.6 Å². The van der Waals surface area contributed by atoms with Crippen molar-refractivity contribution in [1.82, 2.24) is 14.6 Å². The van der Waals surface area contributed by atoms with Crippen LogP contribution in [0.5, 0.6) is 0 Å². The highest BCUT2D eigenvalue weighted by atomic mass is 35.5. The van der Waals surface area contributed by atoms with Crippen LogP contribution in [0.15, 0.2) is 52.2 Å². The first-order valence-electron chi connectivity index (χ1n) is 10.1. The summed E-state index contributed by atoms with van der Waals surface area (Å²) in [4.78, 5) is 27.7. The Morgan fingerprint density at radius 1 is 1.09 bits per heavy atom. The maximum absolute atomic E-state index is 13.2. The summed E-state index contributed by atoms with van der Waals surface area (Å²) in [6, 6.07) is 9.29. The van der Waals surface area contributed by atoms with E-state index in [4.69, 9.17) is 11.6 Å². The standard InChI is InChI=1S/C22H21ClFN3O4S/c23-19-10-15(24)5-4-14(19)13-25-22(29)18-12-21(28)26-20-7-6-16(11-17(18)20)32(30,31)27-8-2-1-3-9-27/h4-7,10-12H,1-3,8-9,13H2,(H,25,29)(H,26,28). The number of carbonyl (C=O) groups is 1. The van der Waals surface area contributed by atoms with Crippen LogP contribution >= 0.6 is 11.6 Å². The van der Waals surface area contributed by atoms with Crippen LogP contribution in [0.25, 0.3) is 10.9 Å². The maximum Gasteiger partial charge on any atom is 0.252 e. The average molecular weight is 478 g/mol. The molecule has 2 aromatic carbocycles. The zero-order valence-electron chi connectivity index (χ0n) is 17.0. The maximum atomic E-state index is 13.2. The summed E-state index contributed by atoms with van der Waals surface area (Å²) in [5.41, 5.74) is 0.399. The molecule has 3 aromatic rings. The molecule has 2 heterocycles. The fraction of sp³-hybridized carbons (Fsp3) is 0.273. The lowest BCUT2D eigenvalue weighted by Crippen LogP contribution is -2.35. The van der Waals surface area contributed by atoms with E-state index in [1.807, 2.05) is 0 Å². The van der Waals surface area contributed by atoms with Crippen molar-refractivity contribution in [1.29, 1.82) is 0 Å². The molecule has 0 bridgehead atoms. The quantitative estimate of drug-likeness (QED) is 0.588. The number of carbonyl (C=O) groups excluding carboxylic acids is 1. The summed E-state index contributed by atoms with van der Waals surface area (Å²) in [7, 11) is -3.71. The van der Waals surface area contributed by atoms with Crippen molar-refractivity contribution in [2.75, 3.05) is 13.1 Å². The summed E-state index contributed by atoms with van der Waals surface area (Å²) in [6.45, 7) is 0.924. The molecule has 0 radical (unpaired) electrons. The van der Waals surface area contributed by atoms with Gasteiger partial charge in [-0.25, -0.2) is 12.8 Å². The number of fused-ring (bicyclic) bond motifs is 1. The van der Waals surface area contributed by atoms with Crippen LogP contribution in [0.4, 0.5) is 4.39 Å². The van der Waals surface area contributed by atoms with Crippen LogP contribution in [0.2, 0.25) is 5.02 Å². The van der Waals surface area contributed by atoms with Gasteiger partial charge in [-0.2, -0.15) is 4.31 Å². The molecule has 0 spiro atoms. The first kappa shape index (κ1) is 22.4. The molecule has 0 unspecified atom stereocenters. The minimum absolute atomic E-state index is 0.0119. The molecular weight excluding hydrogens is 457 g/mol. The van der Waals surface area contributed by atoms with Crippen LogP contribution in [0, 0.1) is 5.82 Å². The van der Waals surface area contributed by atoms with Gasteiger partial charge < -0.3 is 10.3 Å². The van der Waals surface area contributed by atoms with Crippen LogP contribution in [0.3, 0.4) is 0 Å². The molecule has 1 aliphatic heterocycles. The van der Waals surface area contributed by atoms with Crippen molar-refractivity contribution in [2.24, 2.45) is 0 Å². The number of H-pyrrole nitrogens is 1. The number of benzene rings is 2. The van der Waals surface area contributed by atoms with Gasteiger partial charge in [0.05, 0.1) is 10.5 Å². The first-order valence-corrected chi connectivity index (χ1v) is 12.0. The van der Waals surface area contributed by atoms with Gasteiger partial charge in [-0.15, -0.1) is 0 Å². The third kappa shape index (κ3) is 4.55. The Labute approximate surface area is 189 Å². The van der Waals surface area contributed by atoms with E-state index in [-0.39, 0.29) is 22.0 Å². The molecule has 1 amide bonds. The Bertz CT molecular complexity index is 1350. The number of sulfonamides is 1. The monoisotopic (exact) mass is 477 g/mol. The number of nitrogens with zero attached hydrogens (tertiary/aromatic N) is 1. The molecule has 2 N–H and O–H groups in total. The Hall–Kier alpha value is -2.75. The van der Waals surface area contributed by atoms with E-state index in [0.29, 0.717) is 29.6 Å². The molecule has 32 heavy (non-hydrogen) atoms. The lowest BCUT2D eigenvalue weighted by molar-refractivity contribution is 0.0952. The fourth-order valence-corrected chi connectivity index (χ4v) is 5.55. The van der Waals surface area contributed by atoms with Crippen molar-refractivity contribution in [3.63, 3.8) is 0 Å². The van der Waals surface area contributed by atoms with E-state index in [1.54, 1.807) is 0 Å². The molecule has 1 fully saturated rings. The molecule has 1 aromatic heterocycles. The van der Waals surface area contributed by atoms with Crippen LogP contribution in [0.1, 0.15) is 35.2 Å². The summed E-state index contributed by atoms with van der Waals surface area (Å²) in [5, 5.41) is 3.13. The Kier molecular flexibility index (Phi) is 6.32. The highest BCUT2D eigenvalue weighted by molar-refractivity contribution is 7.89. The number of aromatic nitrogens is 1. The number of pyridine rings is 1. The van der Waals surface area contributed by atoms with Crippen molar-refractivity contribution >= 4 is 38.4 Å². The largest absolute Gasteiger partial charge is 0.348 e. The van der Waals surface area contributed by atoms with E-state index in [9.17, 15) is 22.4 Å². The van der Waals surface area contributed by atoms with Gasteiger partial charge >= 0.3 is 0 Å². The van der Waals surface area contributed by atoms with Gasteiger partial charge in [0.25, 0.3) is 5.91 Å². The highest BCUT2D eigenvalue weighted by Crippen LogP contribution is 2.25. The molecular formula is C22H21ClFN3O4S. The van der Waals surface area contributed by atoms with E-state index < -0.39 is 27.3 Å². The van der Waals surface area contributed by atoms with Crippen molar-refractivity contribution in [2.45, 2.75) is 30.7 Å². The molecule has 4 rings (SSSR count). The molecule has 10 heteroatoms. The van der Waals surface area contributed by atoms with Crippen molar-refractivity contribution < 1.29 is 17.6 Å². The average Bonchev–Trinajstić information content (AvgIpc) is 2.78. The van der Waals surface area contributed by atoms with Gasteiger partial charge in [-0.1, -0.05) is 24.1 Å². The van der Waals surface area contributed by atoms with Gasteiger partial charge in [-0.3, -0.25) is 9.59 Å². The molecule has 1 aliphatic rings. The lowest BCUT2D eigenvalue weighted by atomic mass is 10.1. The summed E-state index contributed by atoms with van der Waals surface area (Å²) < 4.78 is 40.8. The van der Waals surface area contributed by atoms with Crippen LogP contribution < -0.4 is 10.9 Å². The van der Waals surface area contributed by atoms with Gasteiger partial charge in [0.1, 0.15) is 5.82 Å². The third-order valence-corrected chi connectivity index (χ3v) is 7.71. The Balaban J connectivity index is 1.68. The molecule has 0 saturated carbocycles. The lowest BCUT2D eigenvalue weighted by Gasteiger charge is -2.26. The zero-order chi connectivity index (χ0) is 22.9. The minimum atomic E-state index is -3.71. The van der Waals surface area contributed by atoms with Gasteiger partial charge in [0.2, 0.25) is 15.6 Å². The second kappa shape index (κ2) is 9.01. The third-order valence-electron chi connectivity index (χ3n) is 5.47. The molecule has 0 aliphatic carbocycles. The highest BCUT2D eigenvalue weighted by Gasteiger charge is 2.26. The predicted octanol–water partition coefficient (Wildman–Crippen LogP) is 3.43. The van der Waals surface area contributed by atoms with Crippen molar-refractivity contribution in [3.05, 3.63) is 74.8 Å². The Morgan fingerprint density at radius 2 is 1.84 bits per heavy atom. The molecule has 168 valence electrons. The number of rotatable bonds is 5. The van der Waals surface area contributed by atoms with Gasteiger partial charge in [0, 0.05) is 41.6 Å². The molecule has 7 nitrogen and oxygen atoms in total. The first-order chi connectivity index (χ1) is 15.3. The number of nitrogens with one attached hydrogen (secondary N) is 2. The number of amides is 1. The smallest absolute Gasteiger partial charge is 0.252 e. The number of hydrogen-bond acceptors (Lipinski definition) is 4. The van der Waals surface area contributed by atoms with Crippen LogP contribution in [-0.4, -0.2) is 36.7 Å². The van der Waals surface area contributed by atoms with Gasteiger partial charge in [-0.05, 0) is 48.7 Å². The normalized spacial score (nSPS) is 15.1. The molecule has 0 atom stereocenters. The molecule has 1 saturated heterocycles. The topological polar surface area (TPSA) is 99.3 Å². The zero-order valence-corrected chi connectivity index (χ0v) is 18.6. The number of piperidine rings is 1. The van der Waals surface area contributed by atoms with E-state index in [2.05, 4.69) is 10.3 Å². The Morgan fingerprint density at radius 3 is 2.56 bits per heavy atom. The van der Waals surface area contributed by atoms with Crippen LogP contribution in [-0.2, 0) is 16.6 Å². The second-order valence-electron chi connectivity index (χ2n) is 7.64. The summed E-state index contributed by atoms with van der Waals surface area (Å²) >= 11 is 6.01. The van der Waals surface area contributed by atoms with E-state index in [0.717, 1.165) is 31.4 Å². The predicted molar refractivity (Wildman–Crippen MR) is 120 cm³/mol. The van der Waals surface area contributed by atoms with E-state index >= 15 is 0 Å². The number of halogens is 2. The van der Waals surface area contributed by atoms with Gasteiger partial charge in [0.15, 0.2) is 0 Å². The van der Waals surface area contributed by atoms with Crippen molar-refractivity contribution in [3.8, 4) is 0 Å². The number of hydrogen-bond donors (Lipinski definition) is 2. The minimum Gasteiger partial charge on any atom is -0.348 e. The fourth-order valence-electron chi connectivity index (χ4n) is 3.77.